The molecular formula is C38H51Cl2N5O3. The normalized spacial score (nSPS) is 17.6. The Morgan fingerprint density at radius 1 is 1.08 bits per heavy atom. The lowest BCUT2D eigenvalue weighted by molar-refractivity contribution is -0.122. The van der Waals surface area contributed by atoms with Crippen LogP contribution in [0.3, 0.4) is 0 Å². The summed E-state index contributed by atoms with van der Waals surface area (Å²) in [5.41, 5.74) is 1.61. The SMILES string of the molecule is CCNC(=O)CC1CCN(C(=O)N(Cc2ccc(Cl)cc2)C(=NC(C)(C)C2C=CC(Cl)=CC2)c2cnc(C(C)(C)C)cc2OCC)CC1. The van der Waals surface area contributed by atoms with Gasteiger partial charge in [-0.2, -0.15) is 0 Å². The van der Waals surface area contributed by atoms with Crippen molar-refractivity contribution in [2.75, 3.05) is 26.2 Å². The first-order valence-corrected chi connectivity index (χ1v) is 17.8. The molecule has 1 aliphatic heterocycles. The highest BCUT2D eigenvalue weighted by atomic mass is 35.5. The van der Waals surface area contributed by atoms with Crippen LogP contribution < -0.4 is 10.1 Å². The van der Waals surface area contributed by atoms with Crippen LogP contribution in [0.15, 0.2) is 64.8 Å². The van der Waals surface area contributed by atoms with Crippen LogP contribution in [0.5, 0.6) is 5.75 Å². The molecule has 4 rings (SSSR count). The zero-order valence-corrected chi connectivity index (χ0v) is 31.0. The van der Waals surface area contributed by atoms with E-state index in [1.807, 2.05) is 61.2 Å². The maximum Gasteiger partial charge on any atom is 0.325 e. The number of carbonyl (C=O) groups excluding carboxylic acids is 2. The molecule has 1 N–H and O–H groups in total. The topological polar surface area (TPSA) is 87.1 Å². The summed E-state index contributed by atoms with van der Waals surface area (Å²) in [6, 6.07) is 9.36. The van der Waals surface area contributed by atoms with Gasteiger partial charge < -0.3 is 15.0 Å². The number of urea groups is 1. The van der Waals surface area contributed by atoms with Crippen molar-refractivity contribution in [1.29, 1.82) is 0 Å². The standard InChI is InChI=1S/C38H51Cl2N5O3/c1-8-41-34(46)22-26-18-20-44(21-19-26)36(47)45(25-27-10-14-29(39)15-11-27)35(43-38(6,7)28-12-16-30(40)17-13-28)31-24-42-33(37(3,4)5)23-32(31)48-9-2/h10-12,14-17,23-24,26,28H,8-9,13,18-22,25H2,1-7H3,(H,41,46). The van der Waals surface area contributed by atoms with Crippen molar-refractivity contribution in [1.82, 2.24) is 20.1 Å². The van der Waals surface area contributed by atoms with Gasteiger partial charge in [-0.05, 0) is 76.6 Å². The van der Waals surface area contributed by atoms with Crippen LogP contribution >= 0.6 is 23.2 Å². The number of allylic oxidation sites excluding steroid dienone is 3. The molecule has 1 atom stereocenters. The van der Waals surface area contributed by atoms with E-state index in [-0.39, 0.29) is 35.7 Å². The largest absolute Gasteiger partial charge is 0.493 e. The number of rotatable bonds is 10. The summed E-state index contributed by atoms with van der Waals surface area (Å²) in [4.78, 5) is 41.1. The van der Waals surface area contributed by atoms with Crippen molar-refractivity contribution in [2.45, 2.75) is 91.6 Å². The smallest absolute Gasteiger partial charge is 0.325 e. The highest BCUT2D eigenvalue weighted by Gasteiger charge is 2.35. The predicted octanol–water partition coefficient (Wildman–Crippen LogP) is 8.52. The number of amides is 3. The molecule has 1 fully saturated rings. The average molecular weight is 697 g/mol. The lowest BCUT2D eigenvalue weighted by atomic mass is 9.83. The second-order valence-electron chi connectivity index (χ2n) is 14.2. The summed E-state index contributed by atoms with van der Waals surface area (Å²) in [5, 5.41) is 4.24. The third-order valence-corrected chi connectivity index (χ3v) is 9.54. The number of nitrogens with zero attached hydrogens (tertiary/aromatic N) is 4. The summed E-state index contributed by atoms with van der Waals surface area (Å²) in [5.74, 6) is 1.46. The molecule has 8 nitrogen and oxygen atoms in total. The molecule has 0 spiro atoms. The Bertz CT molecular complexity index is 1520. The van der Waals surface area contributed by atoms with Crippen LogP contribution in [-0.2, 0) is 16.8 Å². The Hall–Kier alpha value is -3.36. The van der Waals surface area contributed by atoms with Crippen molar-refractivity contribution in [3.8, 4) is 5.75 Å². The minimum Gasteiger partial charge on any atom is -0.493 e. The van der Waals surface area contributed by atoms with Crippen molar-refractivity contribution in [3.05, 3.63) is 81.6 Å². The van der Waals surface area contributed by atoms with E-state index in [2.05, 4.69) is 46.0 Å². The van der Waals surface area contributed by atoms with E-state index in [1.54, 1.807) is 11.1 Å². The minimum atomic E-state index is -0.621. The Kier molecular flexibility index (Phi) is 12.8. The van der Waals surface area contributed by atoms with Crippen LogP contribution in [-0.4, -0.2) is 64.3 Å². The van der Waals surface area contributed by atoms with Gasteiger partial charge in [-0.3, -0.25) is 19.7 Å². The summed E-state index contributed by atoms with van der Waals surface area (Å²) in [6.07, 6.45) is 10.5. The van der Waals surface area contributed by atoms with Gasteiger partial charge in [0.25, 0.3) is 0 Å². The number of aliphatic imine (C=N–C) groups is 1. The Morgan fingerprint density at radius 3 is 2.35 bits per heavy atom. The van der Waals surface area contributed by atoms with Crippen LogP contribution in [0.25, 0.3) is 0 Å². The molecule has 10 heteroatoms. The second-order valence-corrected chi connectivity index (χ2v) is 15.1. The van der Waals surface area contributed by atoms with E-state index in [4.69, 9.17) is 37.9 Å². The van der Waals surface area contributed by atoms with Gasteiger partial charge in [0.05, 0.1) is 24.3 Å². The molecule has 1 saturated heterocycles. The number of benzene rings is 1. The molecule has 3 amide bonds. The molecule has 48 heavy (non-hydrogen) atoms. The number of likely N-dealkylation sites (tertiary alicyclic amines) is 1. The van der Waals surface area contributed by atoms with E-state index in [9.17, 15) is 9.59 Å². The molecule has 260 valence electrons. The monoisotopic (exact) mass is 695 g/mol. The number of aromatic nitrogens is 1. The number of nitrogens with one attached hydrogen (secondary N) is 1. The van der Waals surface area contributed by atoms with Gasteiger partial charge in [0, 0.05) is 65.4 Å². The van der Waals surface area contributed by atoms with E-state index >= 15 is 0 Å². The summed E-state index contributed by atoms with van der Waals surface area (Å²) < 4.78 is 6.27. The predicted molar refractivity (Wildman–Crippen MR) is 196 cm³/mol. The Labute approximate surface area is 296 Å². The van der Waals surface area contributed by atoms with Crippen LogP contribution in [0.2, 0.25) is 5.02 Å². The molecule has 1 aromatic carbocycles. The maximum atomic E-state index is 14.8. The third-order valence-electron chi connectivity index (χ3n) is 9.00. The first-order valence-electron chi connectivity index (χ1n) is 17.1. The van der Waals surface area contributed by atoms with Crippen LogP contribution in [0.1, 0.15) is 91.0 Å². The molecule has 2 aliphatic rings. The number of carbonyl (C=O) groups is 2. The molecule has 0 bridgehead atoms. The van der Waals surface area contributed by atoms with Gasteiger partial charge in [-0.1, -0.05) is 68.3 Å². The number of hydrogen-bond donors (Lipinski definition) is 1. The summed E-state index contributed by atoms with van der Waals surface area (Å²) in [7, 11) is 0. The zero-order valence-electron chi connectivity index (χ0n) is 29.5. The fourth-order valence-corrected chi connectivity index (χ4v) is 6.35. The number of piperidine rings is 1. The lowest BCUT2D eigenvalue weighted by Gasteiger charge is -2.38. The second kappa shape index (κ2) is 16.4. The summed E-state index contributed by atoms with van der Waals surface area (Å²) in [6.45, 7) is 16.8. The van der Waals surface area contributed by atoms with Crippen molar-refractivity contribution in [3.63, 3.8) is 0 Å². The summed E-state index contributed by atoms with van der Waals surface area (Å²) >= 11 is 12.6. The molecule has 1 aliphatic carbocycles. The number of hydrogen-bond acceptors (Lipinski definition) is 5. The van der Waals surface area contributed by atoms with Crippen LogP contribution in [0.4, 0.5) is 4.79 Å². The number of pyridine rings is 1. The van der Waals surface area contributed by atoms with Gasteiger partial charge in [0.15, 0.2) is 0 Å². The first-order chi connectivity index (χ1) is 22.7. The Morgan fingerprint density at radius 2 is 1.77 bits per heavy atom. The molecule has 1 unspecified atom stereocenters. The zero-order chi connectivity index (χ0) is 35.1. The van der Waals surface area contributed by atoms with E-state index in [0.717, 1.165) is 30.5 Å². The fraction of sp³-hybridized carbons (Fsp3) is 0.526. The van der Waals surface area contributed by atoms with Crippen molar-refractivity contribution >= 4 is 41.0 Å². The Balaban J connectivity index is 1.82. The molecule has 2 aromatic rings. The van der Waals surface area contributed by atoms with Crippen molar-refractivity contribution < 1.29 is 14.3 Å². The number of halogens is 2. The number of ether oxygens (including phenoxy) is 1. The lowest BCUT2D eigenvalue weighted by Crippen LogP contribution is -2.50. The van der Waals surface area contributed by atoms with E-state index in [1.165, 1.54) is 0 Å². The molecule has 0 saturated carbocycles. The average Bonchev–Trinajstić information content (AvgIpc) is 3.04. The highest BCUT2D eigenvalue weighted by Crippen LogP contribution is 2.35. The highest BCUT2D eigenvalue weighted by molar-refractivity contribution is 6.31. The van der Waals surface area contributed by atoms with Gasteiger partial charge in [-0.25, -0.2) is 4.79 Å². The fourth-order valence-electron chi connectivity index (χ4n) is 6.07. The van der Waals surface area contributed by atoms with E-state index in [0.29, 0.717) is 59.9 Å². The molecule has 0 radical (unpaired) electrons. The van der Waals surface area contributed by atoms with Gasteiger partial charge in [0.2, 0.25) is 5.91 Å². The minimum absolute atomic E-state index is 0.0462. The van der Waals surface area contributed by atoms with Crippen molar-refractivity contribution in [2.24, 2.45) is 16.8 Å². The van der Waals surface area contributed by atoms with E-state index < -0.39 is 5.54 Å². The molecular weight excluding hydrogens is 645 g/mol. The maximum absolute atomic E-state index is 14.8. The van der Waals surface area contributed by atoms with Crippen LogP contribution in [0, 0.1) is 11.8 Å². The first kappa shape index (κ1) is 37.5. The molecule has 1 aromatic heterocycles. The van der Waals surface area contributed by atoms with Gasteiger partial charge in [0.1, 0.15) is 11.6 Å². The van der Waals surface area contributed by atoms with Gasteiger partial charge in [-0.15, -0.1) is 0 Å². The van der Waals surface area contributed by atoms with Gasteiger partial charge >= 0.3 is 6.03 Å². The third kappa shape index (κ3) is 9.85. The number of amidine groups is 1. The quantitative estimate of drug-likeness (QED) is 0.199. The molecule has 2 heterocycles.